The summed E-state index contributed by atoms with van der Waals surface area (Å²) >= 11 is 0. The first-order valence-corrected chi connectivity index (χ1v) is 9.25. The normalized spacial score (nSPS) is 24.2. The van der Waals surface area contributed by atoms with Crippen molar-refractivity contribution in [2.45, 2.75) is 31.8 Å². The van der Waals surface area contributed by atoms with Gasteiger partial charge in [0, 0.05) is 51.9 Å². The maximum absolute atomic E-state index is 12.5. The predicted molar refractivity (Wildman–Crippen MR) is 95.7 cm³/mol. The topological polar surface area (TPSA) is 87.8 Å². The number of carbonyl (C=O) groups excluding carboxylic acids is 1. The molecule has 1 aromatic rings. The van der Waals surface area contributed by atoms with Gasteiger partial charge < -0.3 is 25.2 Å². The highest BCUT2D eigenvalue weighted by Gasteiger charge is 2.30. The molecule has 0 aliphatic carbocycles. The Morgan fingerprint density at radius 1 is 1.00 bits per heavy atom. The molecule has 0 unspecified atom stereocenters. The number of nitrogens with zero attached hydrogens (tertiary/aromatic N) is 5. The van der Waals surface area contributed by atoms with Crippen molar-refractivity contribution >= 4 is 23.5 Å². The number of anilines is 3. The third kappa shape index (κ3) is 3.49. The third-order valence-electron chi connectivity index (χ3n) is 5.27. The zero-order valence-corrected chi connectivity index (χ0v) is 14.6. The number of nitrogen functional groups attached to an aromatic ring is 1. The van der Waals surface area contributed by atoms with E-state index in [0.717, 1.165) is 50.7 Å². The average Bonchev–Trinajstić information content (AvgIpc) is 3.34. The summed E-state index contributed by atoms with van der Waals surface area (Å²) in [7, 11) is 0. The van der Waals surface area contributed by atoms with Crippen molar-refractivity contribution in [2.75, 3.05) is 61.4 Å². The number of ether oxygens (including phenoxy) is 1. The Hall–Kier alpha value is -2.09. The molecule has 4 heterocycles. The quantitative estimate of drug-likeness (QED) is 0.852. The van der Waals surface area contributed by atoms with Crippen LogP contribution in [0.4, 0.5) is 17.6 Å². The van der Waals surface area contributed by atoms with Crippen LogP contribution >= 0.6 is 0 Å². The number of hydrogen-bond donors (Lipinski definition) is 1. The largest absolute Gasteiger partial charge is 0.368 e. The van der Waals surface area contributed by atoms with Crippen LogP contribution in [0, 0.1) is 0 Å². The molecular weight excluding hydrogens is 320 g/mol. The molecule has 3 fully saturated rings. The highest BCUT2D eigenvalue weighted by molar-refractivity contribution is 5.81. The number of nitrogens with two attached hydrogens (primary N) is 1. The highest BCUT2D eigenvalue weighted by Crippen LogP contribution is 2.24. The second kappa shape index (κ2) is 7.03. The van der Waals surface area contributed by atoms with Crippen molar-refractivity contribution in [1.29, 1.82) is 0 Å². The Balaban J connectivity index is 1.41. The molecule has 4 rings (SSSR count). The van der Waals surface area contributed by atoms with E-state index in [0.29, 0.717) is 25.6 Å². The molecule has 3 aliphatic rings. The number of hydrogen-bond acceptors (Lipinski definition) is 7. The molecule has 0 saturated carbocycles. The van der Waals surface area contributed by atoms with Crippen LogP contribution in [0.1, 0.15) is 25.7 Å². The van der Waals surface area contributed by atoms with E-state index in [-0.39, 0.29) is 12.0 Å². The Morgan fingerprint density at radius 3 is 2.24 bits per heavy atom. The Morgan fingerprint density at radius 2 is 1.64 bits per heavy atom. The minimum Gasteiger partial charge on any atom is -0.368 e. The van der Waals surface area contributed by atoms with Gasteiger partial charge in [0.05, 0.1) is 0 Å². The maximum Gasteiger partial charge on any atom is 0.251 e. The summed E-state index contributed by atoms with van der Waals surface area (Å²) in [5, 5.41) is 0. The summed E-state index contributed by atoms with van der Waals surface area (Å²) in [6, 6.07) is 2.03. The van der Waals surface area contributed by atoms with E-state index in [1.165, 1.54) is 12.8 Å². The van der Waals surface area contributed by atoms with Crippen LogP contribution < -0.4 is 15.5 Å². The Bertz CT molecular complexity index is 620. The standard InChI is InChI=1S/C17H26N6O2/c18-17-19-14(21-5-1-2-6-21)12-15(20-17)22-7-9-23(10-8-22)16(24)13-4-3-11-25-13/h12-13H,1-11H2,(H2,18,19,20)/t13-/m0/s1. The summed E-state index contributed by atoms with van der Waals surface area (Å²) in [6.45, 7) is 5.67. The van der Waals surface area contributed by atoms with Crippen LogP contribution in [0.15, 0.2) is 6.07 Å². The first-order chi connectivity index (χ1) is 12.2. The molecule has 0 spiro atoms. The predicted octanol–water partition coefficient (Wildman–Crippen LogP) is 0.487. The van der Waals surface area contributed by atoms with Crippen molar-refractivity contribution in [1.82, 2.24) is 14.9 Å². The summed E-state index contributed by atoms with van der Waals surface area (Å²) in [4.78, 5) is 27.6. The first-order valence-electron chi connectivity index (χ1n) is 9.25. The van der Waals surface area contributed by atoms with Crippen molar-refractivity contribution in [3.8, 4) is 0 Å². The van der Waals surface area contributed by atoms with E-state index < -0.39 is 0 Å². The Labute approximate surface area is 147 Å². The Kier molecular flexibility index (Phi) is 4.61. The fourth-order valence-corrected chi connectivity index (χ4v) is 3.84. The lowest BCUT2D eigenvalue weighted by molar-refractivity contribution is -0.141. The molecule has 3 saturated heterocycles. The lowest BCUT2D eigenvalue weighted by atomic mass is 10.2. The number of rotatable bonds is 3. The van der Waals surface area contributed by atoms with Crippen LogP contribution in [0.25, 0.3) is 0 Å². The third-order valence-corrected chi connectivity index (χ3v) is 5.27. The number of piperazine rings is 1. The fraction of sp³-hybridized carbons (Fsp3) is 0.706. The van der Waals surface area contributed by atoms with Crippen molar-refractivity contribution in [2.24, 2.45) is 0 Å². The molecule has 0 aromatic carbocycles. The SMILES string of the molecule is Nc1nc(N2CCCC2)cc(N2CCN(C(=O)[C@@H]3CCCO3)CC2)n1. The molecular formula is C17H26N6O2. The van der Waals surface area contributed by atoms with Gasteiger partial charge >= 0.3 is 0 Å². The van der Waals surface area contributed by atoms with Crippen LogP contribution in [0.2, 0.25) is 0 Å². The van der Waals surface area contributed by atoms with Gasteiger partial charge in [0.2, 0.25) is 5.95 Å². The summed E-state index contributed by atoms with van der Waals surface area (Å²) < 4.78 is 5.52. The van der Waals surface area contributed by atoms with Crippen molar-refractivity contribution in [3.05, 3.63) is 6.07 Å². The van der Waals surface area contributed by atoms with Gasteiger partial charge in [-0.05, 0) is 25.7 Å². The smallest absolute Gasteiger partial charge is 0.251 e. The molecule has 8 nitrogen and oxygen atoms in total. The van der Waals surface area contributed by atoms with Crippen LogP contribution in [-0.2, 0) is 9.53 Å². The van der Waals surface area contributed by atoms with Crippen LogP contribution in [0.5, 0.6) is 0 Å². The van der Waals surface area contributed by atoms with Crippen molar-refractivity contribution in [3.63, 3.8) is 0 Å². The van der Waals surface area contributed by atoms with Crippen LogP contribution in [0.3, 0.4) is 0 Å². The van der Waals surface area contributed by atoms with Crippen molar-refractivity contribution < 1.29 is 9.53 Å². The lowest BCUT2D eigenvalue weighted by Gasteiger charge is -2.36. The van der Waals surface area contributed by atoms with Gasteiger partial charge in [0.25, 0.3) is 5.91 Å². The zero-order valence-electron chi connectivity index (χ0n) is 14.6. The summed E-state index contributed by atoms with van der Waals surface area (Å²) in [5.41, 5.74) is 5.94. The average molecular weight is 346 g/mol. The molecule has 8 heteroatoms. The molecule has 2 N–H and O–H groups in total. The van der Waals surface area contributed by atoms with E-state index in [4.69, 9.17) is 10.5 Å². The molecule has 3 aliphatic heterocycles. The number of amides is 1. The van der Waals surface area contributed by atoms with Gasteiger partial charge in [-0.1, -0.05) is 0 Å². The fourth-order valence-electron chi connectivity index (χ4n) is 3.84. The summed E-state index contributed by atoms with van der Waals surface area (Å²) in [6.07, 6.45) is 3.99. The van der Waals surface area contributed by atoms with Gasteiger partial charge in [-0.3, -0.25) is 4.79 Å². The van der Waals surface area contributed by atoms with E-state index in [1.807, 2.05) is 11.0 Å². The van der Waals surface area contributed by atoms with E-state index >= 15 is 0 Å². The van der Waals surface area contributed by atoms with Gasteiger partial charge in [-0.2, -0.15) is 9.97 Å². The van der Waals surface area contributed by atoms with Gasteiger partial charge in [-0.25, -0.2) is 0 Å². The monoisotopic (exact) mass is 346 g/mol. The van der Waals surface area contributed by atoms with Gasteiger partial charge in [0.1, 0.15) is 17.7 Å². The van der Waals surface area contributed by atoms with Crippen LogP contribution in [-0.4, -0.2) is 72.8 Å². The molecule has 136 valence electrons. The minimum absolute atomic E-state index is 0.136. The first kappa shape index (κ1) is 16.4. The maximum atomic E-state index is 12.5. The second-order valence-corrected chi connectivity index (χ2v) is 6.95. The molecule has 25 heavy (non-hydrogen) atoms. The molecule has 1 amide bonds. The molecule has 1 atom stereocenters. The second-order valence-electron chi connectivity index (χ2n) is 6.95. The lowest BCUT2D eigenvalue weighted by Crippen LogP contribution is -2.51. The number of carbonyl (C=O) groups is 1. The van der Waals surface area contributed by atoms with E-state index in [1.54, 1.807) is 0 Å². The van der Waals surface area contributed by atoms with E-state index in [9.17, 15) is 4.79 Å². The van der Waals surface area contributed by atoms with E-state index in [2.05, 4.69) is 19.8 Å². The summed E-state index contributed by atoms with van der Waals surface area (Å²) in [5.74, 6) is 2.23. The minimum atomic E-state index is -0.233. The zero-order chi connectivity index (χ0) is 17.2. The molecule has 0 radical (unpaired) electrons. The van der Waals surface area contributed by atoms with Gasteiger partial charge in [-0.15, -0.1) is 0 Å². The molecule has 1 aromatic heterocycles. The highest BCUT2D eigenvalue weighted by atomic mass is 16.5. The molecule has 0 bridgehead atoms. The van der Waals surface area contributed by atoms with Gasteiger partial charge in [0.15, 0.2) is 0 Å². The number of aromatic nitrogens is 2.